The van der Waals surface area contributed by atoms with Crippen molar-refractivity contribution >= 4 is 35.7 Å². The number of hydrogen-bond acceptors (Lipinski definition) is 3. The predicted molar refractivity (Wildman–Crippen MR) is 59.4 cm³/mol. The number of nitrogen functional groups attached to an aromatic ring is 1. The van der Waals surface area contributed by atoms with E-state index in [9.17, 15) is 9.59 Å². The first kappa shape index (κ1) is 13.2. The first-order valence-electron chi connectivity index (χ1n) is 3.91. The van der Waals surface area contributed by atoms with Crippen molar-refractivity contribution in [1.29, 1.82) is 0 Å². The van der Waals surface area contributed by atoms with Crippen LogP contribution in [0.4, 0.5) is 11.4 Å². The summed E-state index contributed by atoms with van der Waals surface area (Å²) in [4.78, 5) is 21.2. The molecule has 15 heavy (non-hydrogen) atoms. The number of carboxylic acids is 1. The molecule has 6 heteroatoms. The number of carboxylic acid groups (broad SMARTS) is 1. The van der Waals surface area contributed by atoms with Crippen LogP contribution < -0.4 is 11.1 Å². The smallest absolute Gasteiger partial charge is 0.335 e. The zero-order chi connectivity index (χ0) is 10.7. The number of anilines is 2. The fourth-order valence-electron chi connectivity index (χ4n) is 0.999. The molecule has 5 nitrogen and oxygen atoms in total. The summed E-state index contributed by atoms with van der Waals surface area (Å²) in [6.07, 6.45) is 0. The molecule has 1 amide bonds. The Kier molecular flexibility index (Phi) is 4.60. The number of nitrogens with two attached hydrogens (primary N) is 1. The van der Waals surface area contributed by atoms with Gasteiger partial charge in [-0.3, -0.25) is 4.79 Å². The molecule has 0 bridgehead atoms. The van der Waals surface area contributed by atoms with Gasteiger partial charge in [0, 0.05) is 6.92 Å². The summed E-state index contributed by atoms with van der Waals surface area (Å²) in [6, 6.07) is 4.14. The third-order valence-electron chi connectivity index (χ3n) is 1.61. The molecule has 0 aliphatic heterocycles. The van der Waals surface area contributed by atoms with Crippen molar-refractivity contribution in [3.63, 3.8) is 0 Å². The largest absolute Gasteiger partial charge is 0.478 e. The van der Waals surface area contributed by atoms with Crippen LogP contribution in [0.25, 0.3) is 0 Å². The van der Waals surface area contributed by atoms with Crippen LogP contribution in [-0.4, -0.2) is 17.0 Å². The van der Waals surface area contributed by atoms with Crippen LogP contribution in [0.5, 0.6) is 0 Å². The summed E-state index contributed by atoms with van der Waals surface area (Å²) in [7, 11) is 0. The maximum Gasteiger partial charge on any atom is 0.335 e. The van der Waals surface area contributed by atoms with Gasteiger partial charge in [0.05, 0.1) is 16.9 Å². The highest BCUT2D eigenvalue weighted by Gasteiger charge is 2.06. The topological polar surface area (TPSA) is 92.4 Å². The van der Waals surface area contributed by atoms with E-state index in [1.165, 1.54) is 25.1 Å². The van der Waals surface area contributed by atoms with E-state index < -0.39 is 5.97 Å². The lowest BCUT2D eigenvalue weighted by Crippen LogP contribution is -2.09. The maximum absolute atomic E-state index is 10.7. The molecule has 0 unspecified atom stereocenters. The summed E-state index contributed by atoms with van der Waals surface area (Å²) < 4.78 is 0. The summed E-state index contributed by atoms with van der Waals surface area (Å²) in [5.74, 6) is -1.30. The molecule has 82 valence electrons. The van der Waals surface area contributed by atoms with Gasteiger partial charge < -0.3 is 16.2 Å². The highest BCUT2D eigenvalue weighted by atomic mass is 35.5. The Morgan fingerprint density at radius 1 is 1.40 bits per heavy atom. The van der Waals surface area contributed by atoms with Gasteiger partial charge in [-0.15, -0.1) is 12.4 Å². The fourth-order valence-corrected chi connectivity index (χ4v) is 0.999. The molecule has 0 fully saturated rings. The Morgan fingerprint density at radius 2 is 2.00 bits per heavy atom. The minimum absolute atomic E-state index is 0. The SMILES string of the molecule is CC(=O)Nc1ccc(C(=O)O)cc1N.Cl. The van der Waals surface area contributed by atoms with Crippen molar-refractivity contribution in [3.05, 3.63) is 23.8 Å². The van der Waals surface area contributed by atoms with Crippen LogP contribution in [-0.2, 0) is 4.79 Å². The number of nitrogens with one attached hydrogen (secondary N) is 1. The molecule has 1 aromatic rings. The monoisotopic (exact) mass is 230 g/mol. The summed E-state index contributed by atoms with van der Waals surface area (Å²) in [6.45, 7) is 1.35. The lowest BCUT2D eigenvalue weighted by atomic mass is 10.2. The van der Waals surface area contributed by atoms with Crippen molar-refractivity contribution in [2.75, 3.05) is 11.1 Å². The standard InChI is InChI=1S/C9H10N2O3.ClH/c1-5(12)11-8-3-2-6(9(13)14)4-7(8)10;/h2-4H,10H2,1H3,(H,11,12)(H,13,14);1H. The molecule has 0 spiro atoms. The Balaban J connectivity index is 0.00000196. The minimum atomic E-state index is -1.05. The van der Waals surface area contributed by atoms with E-state index in [0.717, 1.165) is 0 Å². The van der Waals surface area contributed by atoms with E-state index in [0.29, 0.717) is 5.69 Å². The molecule has 0 aliphatic rings. The van der Waals surface area contributed by atoms with Gasteiger partial charge in [-0.1, -0.05) is 0 Å². The second kappa shape index (κ2) is 5.21. The molecule has 1 rings (SSSR count). The summed E-state index contributed by atoms with van der Waals surface area (Å²) >= 11 is 0. The van der Waals surface area contributed by atoms with Crippen molar-refractivity contribution < 1.29 is 14.7 Å². The Morgan fingerprint density at radius 3 is 2.40 bits per heavy atom. The van der Waals surface area contributed by atoms with Crippen LogP contribution in [0.3, 0.4) is 0 Å². The van der Waals surface area contributed by atoms with E-state index in [1.54, 1.807) is 0 Å². The second-order valence-electron chi connectivity index (χ2n) is 2.79. The highest BCUT2D eigenvalue weighted by Crippen LogP contribution is 2.19. The van der Waals surface area contributed by atoms with E-state index in [4.69, 9.17) is 10.8 Å². The Hall–Kier alpha value is -1.75. The second-order valence-corrected chi connectivity index (χ2v) is 2.79. The quantitative estimate of drug-likeness (QED) is 0.669. The molecular formula is C9H11ClN2O3. The number of aromatic carboxylic acids is 1. The highest BCUT2D eigenvalue weighted by molar-refractivity contribution is 5.95. The zero-order valence-electron chi connectivity index (χ0n) is 7.98. The number of carbonyl (C=O) groups excluding carboxylic acids is 1. The molecule has 0 aromatic heterocycles. The zero-order valence-corrected chi connectivity index (χ0v) is 8.80. The lowest BCUT2D eigenvalue weighted by molar-refractivity contribution is -0.114. The van der Waals surface area contributed by atoms with E-state index in [-0.39, 0.29) is 29.6 Å². The molecule has 0 atom stereocenters. The number of hydrogen-bond donors (Lipinski definition) is 3. The molecule has 4 N–H and O–H groups in total. The normalized spacial score (nSPS) is 8.87. The van der Waals surface area contributed by atoms with Gasteiger partial charge in [0.2, 0.25) is 5.91 Å². The molecule has 0 saturated carbocycles. The first-order chi connectivity index (χ1) is 6.50. The molecule has 1 aromatic carbocycles. The number of amides is 1. The molecular weight excluding hydrogens is 220 g/mol. The number of benzene rings is 1. The average Bonchev–Trinajstić information content (AvgIpc) is 2.07. The summed E-state index contributed by atoms with van der Waals surface area (Å²) in [5.41, 5.74) is 6.28. The van der Waals surface area contributed by atoms with Gasteiger partial charge in [0.15, 0.2) is 0 Å². The molecule has 0 aliphatic carbocycles. The van der Waals surface area contributed by atoms with Crippen LogP contribution in [0.15, 0.2) is 18.2 Å². The van der Waals surface area contributed by atoms with Crippen molar-refractivity contribution in [2.45, 2.75) is 6.92 Å². The van der Waals surface area contributed by atoms with Gasteiger partial charge in [-0.25, -0.2) is 4.79 Å². The summed E-state index contributed by atoms with van der Waals surface area (Å²) in [5, 5.41) is 11.1. The first-order valence-corrected chi connectivity index (χ1v) is 3.91. The third-order valence-corrected chi connectivity index (χ3v) is 1.61. The van der Waals surface area contributed by atoms with Crippen molar-refractivity contribution in [2.24, 2.45) is 0 Å². The van der Waals surface area contributed by atoms with E-state index in [2.05, 4.69) is 5.32 Å². The number of rotatable bonds is 2. The lowest BCUT2D eigenvalue weighted by Gasteiger charge is -2.06. The predicted octanol–water partition coefficient (Wildman–Crippen LogP) is 1.35. The van der Waals surface area contributed by atoms with Gasteiger partial charge >= 0.3 is 5.97 Å². The molecule has 0 radical (unpaired) electrons. The maximum atomic E-state index is 10.7. The molecule has 0 saturated heterocycles. The number of carbonyl (C=O) groups is 2. The van der Waals surface area contributed by atoms with Gasteiger partial charge in [-0.2, -0.15) is 0 Å². The minimum Gasteiger partial charge on any atom is -0.478 e. The van der Waals surface area contributed by atoms with Gasteiger partial charge in [0.1, 0.15) is 0 Å². The van der Waals surface area contributed by atoms with Gasteiger partial charge in [0.25, 0.3) is 0 Å². The van der Waals surface area contributed by atoms with Crippen LogP contribution >= 0.6 is 12.4 Å². The number of halogens is 1. The van der Waals surface area contributed by atoms with Crippen molar-refractivity contribution in [3.8, 4) is 0 Å². The third kappa shape index (κ3) is 3.47. The van der Waals surface area contributed by atoms with Crippen LogP contribution in [0.1, 0.15) is 17.3 Å². The Labute approximate surface area is 92.7 Å². The van der Waals surface area contributed by atoms with Gasteiger partial charge in [-0.05, 0) is 18.2 Å². The van der Waals surface area contributed by atoms with E-state index in [1.807, 2.05) is 0 Å². The van der Waals surface area contributed by atoms with Crippen LogP contribution in [0, 0.1) is 0 Å². The average molecular weight is 231 g/mol. The fraction of sp³-hybridized carbons (Fsp3) is 0.111. The van der Waals surface area contributed by atoms with Crippen LogP contribution in [0.2, 0.25) is 0 Å². The molecule has 0 heterocycles. The van der Waals surface area contributed by atoms with Crippen molar-refractivity contribution in [1.82, 2.24) is 0 Å². The Bertz CT molecular complexity index is 393. The van der Waals surface area contributed by atoms with E-state index >= 15 is 0 Å².